The predicted octanol–water partition coefficient (Wildman–Crippen LogP) is 8.24. The van der Waals surface area contributed by atoms with Crippen LogP contribution in [0.4, 0.5) is 0 Å². The fourth-order valence-electron chi connectivity index (χ4n) is 5.86. The molecule has 0 aromatic heterocycles. The summed E-state index contributed by atoms with van der Waals surface area (Å²) in [6, 6.07) is 25.8. The summed E-state index contributed by atoms with van der Waals surface area (Å²) in [6.45, 7) is 15.1. The van der Waals surface area contributed by atoms with Gasteiger partial charge in [-0.25, -0.2) is 0 Å². The maximum atomic E-state index is 10.6. The molecule has 0 aliphatic heterocycles. The minimum atomic E-state index is -0.708. The van der Waals surface area contributed by atoms with Crippen LogP contribution in [0.25, 0.3) is 0 Å². The first kappa shape index (κ1) is 28.1. The number of rotatable bonds is 5. The van der Waals surface area contributed by atoms with E-state index in [1.807, 2.05) is 48.5 Å². The topological polar surface area (TPSA) is 80.9 Å². The van der Waals surface area contributed by atoms with Crippen molar-refractivity contribution < 1.29 is 20.4 Å². The largest absolute Gasteiger partial charge is 0.508 e. The Morgan fingerprint density at radius 3 is 1.03 bits per heavy atom. The zero-order chi connectivity index (χ0) is 28.8. The van der Waals surface area contributed by atoms with Gasteiger partial charge in [0.05, 0.1) is 0 Å². The van der Waals surface area contributed by atoms with Gasteiger partial charge >= 0.3 is 0 Å². The molecule has 4 N–H and O–H groups in total. The molecule has 0 spiro atoms. The minimum absolute atomic E-state index is 0.185. The fraction of sp³-hybridized carbons (Fsp3) is 0.314. The summed E-state index contributed by atoms with van der Waals surface area (Å²) < 4.78 is 0. The van der Waals surface area contributed by atoms with E-state index >= 15 is 0 Å². The molecule has 4 aromatic rings. The molecule has 0 radical (unpaired) electrons. The summed E-state index contributed by atoms with van der Waals surface area (Å²) in [6.07, 6.45) is 0. The van der Waals surface area contributed by atoms with Gasteiger partial charge in [0.25, 0.3) is 0 Å². The van der Waals surface area contributed by atoms with E-state index in [1.54, 1.807) is 36.4 Å². The third-order valence-electron chi connectivity index (χ3n) is 7.77. The van der Waals surface area contributed by atoms with Crippen LogP contribution in [0.3, 0.4) is 0 Å². The van der Waals surface area contributed by atoms with E-state index < -0.39 is 5.41 Å². The van der Waals surface area contributed by atoms with Gasteiger partial charge in [0.1, 0.15) is 23.0 Å². The fourth-order valence-corrected chi connectivity index (χ4v) is 5.86. The Morgan fingerprint density at radius 2 is 0.718 bits per heavy atom. The lowest BCUT2D eigenvalue weighted by Gasteiger charge is -2.45. The van der Waals surface area contributed by atoms with E-state index in [0.717, 1.165) is 33.4 Å². The van der Waals surface area contributed by atoms with Crippen LogP contribution in [0.2, 0.25) is 0 Å². The van der Waals surface area contributed by atoms with Crippen molar-refractivity contribution >= 4 is 0 Å². The number of benzene rings is 4. The Bertz CT molecular complexity index is 1340. The smallest absolute Gasteiger partial charge is 0.115 e. The number of hydrogen-bond donors (Lipinski definition) is 4. The van der Waals surface area contributed by atoms with Crippen LogP contribution in [0, 0.1) is 0 Å². The Morgan fingerprint density at radius 1 is 0.410 bits per heavy atom. The molecule has 4 rings (SSSR count). The Hall–Kier alpha value is -3.92. The molecule has 4 aromatic carbocycles. The van der Waals surface area contributed by atoms with Crippen LogP contribution in [0.5, 0.6) is 23.0 Å². The second-order valence-electron chi connectivity index (χ2n) is 12.8. The molecule has 0 saturated carbocycles. The van der Waals surface area contributed by atoms with Gasteiger partial charge in [-0.15, -0.1) is 0 Å². The molecule has 39 heavy (non-hydrogen) atoms. The van der Waals surface area contributed by atoms with Gasteiger partial charge in [-0.1, -0.05) is 84.9 Å². The van der Waals surface area contributed by atoms with E-state index in [2.05, 4.69) is 48.5 Å². The minimum Gasteiger partial charge on any atom is -0.508 e. The van der Waals surface area contributed by atoms with E-state index in [4.69, 9.17) is 0 Å². The van der Waals surface area contributed by atoms with Crippen molar-refractivity contribution in [2.45, 2.75) is 70.6 Å². The van der Waals surface area contributed by atoms with E-state index in [9.17, 15) is 20.4 Å². The number of aromatic hydroxyl groups is 4. The van der Waals surface area contributed by atoms with Gasteiger partial charge in [-0.3, -0.25) is 0 Å². The summed E-state index contributed by atoms with van der Waals surface area (Å²) in [5.74, 6) is 0.530. The maximum absolute atomic E-state index is 10.6. The van der Waals surface area contributed by atoms with Crippen LogP contribution >= 0.6 is 0 Å². The molecule has 204 valence electrons. The molecule has 0 amide bonds. The van der Waals surface area contributed by atoms with Crippen molar-refractivity contribution in [3.63, 3.8) is 0 Å². The summed E-state index contributed by atoms with van der Waals surface area (Å²) in [7, 11) is 0. The van der Waals surface area contributed by atoms with Crippen LogP contribution in [-0.2, 0) is 16.2 Å². The first-order valence-electron chi connectivity index (χ1n) is 13.4. The first-order chi connectivity index (χ1) is 18.1. The summed E-state index contributed by atoms with van der Waals surface area (Å²) >= 11 is 0. The van der Waals surface area contributed by atoms with Crippen molar-refractivity contribution in [3.05, 3.63) is 118 Å². The van der Waals surface area contributed by atoms with Crippen LogP contribution in [0.1, 0.15) is 87.8 Å². The van der Waals surface area contributed by atoms with E-state index in [-0.39, 0.29) is 39.7 Å². The maximum Gasteiger partial charge on any atom is 0.115 e. The van der Waals surface area contributed by atoms with Gasteiger partial charge in [-0.05, 0) is 92.7 Å². The molecule has 0 atom stereocenters. The highest BCUT2D eigenvalue weighted by Gasteiger charge is 2.44. The van der Waals surface area contributed by atoms with Crippen LogP contribution < -0.4 is 0 Å². The summed E-state index contributed by atoms with van der Waals surface area (Å²) in [5.41, 5.74) is 4.82. The Kier molecular flexibility index (Phi) is 7.20. The Labute approximate surface area is 232 Å². The average molecular weight is 525 g/mol. The first-order valence-corrected chi connectivity index (χ1v) is 13.4. The summed E-state index contributed by atoms with van der Waals surface area (Å²) in [4.78, 5) is 0. The second-order valence-corrected chi connectivity index (χ2v) is 12.8. The van der Waals surface area contributed by atoms with Crippen molar-refractivity contribution in [2.75, 3.05) is 0 Å². The van der Waals surface area contributed by atoms with Gasteiger partial charge in [0, 0.05) is 11.3 Å². The number of hydrogen-bond acceptors (Lipinski definition) is 4. The van der Waals surface area contributed by atoms with Crippen LogP contribution in [0.15, 0.2) is 84.9 Å². The molecule has 0 aliphatic carbocycles. The van der Waals surface area contributed by atoms with Crippen molar-refractivity contribution in [1.29, 1.82) is 0 Å². The molecular formula is C35H40O4. The molecule has 0 heterocycles. The van der Waals surface area contributed by atoms with Crippen molar-refractivity contribution in [3.8, 4) is 23.0 Å². The van der Waals surface area contributed by atoms with Gasteiger partial charge in [-0.2, -0.15) is 0 Å². The Balaban J connectivity index is 2.22. The molecular weight excluding hydrogens is 484 g/mol. The highest BCUT2D eigenvalue weighted by Crippen LogP contribution is 2.53. The standard InChI is InChI=1S/C35H40O4/c1-33(2,3)30-20-26(38)16-18-28(30)35(7,29-19-17-27(39)21-31(29)34(4,5)6)32(22-8-12-24(36)13-9-22)23-10-14-25(37)15-11-23/h8-21,32,36-39H,1-7H3. The molecule has 0 unspecified atom stereocenters. The lowest BCUT2D eigenvalue weighted by Crippen LogP contribution is -2.37. The zero-order valence-electron chi connectivity index (χ0n) is 23.9. The molecule has 0 aliphatic rings. The monoisotopic (exact) mass is 524 g/mol. The lowest BCUT2D eigenvalue weighted by molar-refractivity contribution is 0.440. The number of phenols is 4. The second kappa shape index (κ2) is 10.00. The quantitative estimate of drug-likeness (QED) is 0.212. The normalized spacial score (nSPS) is 12.6. The van der Waals surface area contributed by atoms with Gasteiger partial charge < -0.3 is 20.4 Å². The van der Waals surface area contributed by atoms with Crippen molar-refractivity contribution in [2.24, 2.45) is 0 Å². The van der Waals surface area contributed by atoms with Gasteiger partial charge in [0.2, 0.25) is 0 Å². The molecule has 0 fully saturated rings. The predicted molar refractivity (Wildman–Crippen MR) is 158 cm³/mol. The van der Waals surface area contributed by atoms with Crippen molar-refractivity contribution in [1.82, 2.24) is 0 Å². The highest BCUT2D eigenvalue weighted by atomic mass is 16.3. The van der Waals surface area contributed by atoms with E-state index in [0.29, 0.717) is 0 Å². The van der Waals surface area contributed by atoms with Gasteiger partial charge in [0.15, 0.2) is 0 Å². The molecule has 4 heteroatoms. The number of phenolic OH excluding ortho intramolecular Hbond substituents is 4. The summed E-state index contributed by atoms with van der Waals surface area (Å²) in [5, 5.41) is 41.5. The highest BCUT2D eigenvalue weighted by molar-refractivity contribution is 5.58. The molecule has 0 bridgehead atoms. The van der Waals surface area contributed by atoms with Crippen LogP contribution in [-0.4, -0.2) is 20.4 Å². The van der Waals surface area contributed by atoms with E-state index in [1.165, 1.54) is 0 Å². The SMILES string of the molecule is CC(C)(C)c1cc(O)ccc1C(C)(c1ccc(O)cc1C(C)(C)C)C(c1ccc(O)cc1)c1ccc(O)cc1. The lowest BCUT2D eigenvalue weighted by atomic mass is 9.58. The molecule has 0 saturated heterocycles. The zero-order valence-corrected chi connectivity index (χ0v) is 23.9. The average Bonchev–Trinajstić information content (AvgIpc) is 2.85. The molecule has 4 nitrogen and oxygen atoms in total. The third-order valence-corrected chi connectivity index (χ3v) is 7.77. The third kappa shape index (κ3) is 5.47.